The van der Waals surface area contributed by atoms with Crippen LogP contribution in [0.4, 0.5) is 0 Å². The molecule has 3 heteroatoms. The second kappa shape index (κ2) is 4.98. The first-order valence-corrected chi connectivity index (χ1v) is 7.72. The molecule has 1 nitrogen and oxygen atoms in total. The number of fused-ring (bicyclic) bond motifs is 1. The Morgan fingerprint density at radius 1 is 1.28 bits per heavy atom. The lowest BCUT2D eigenvalue weighted by molar-refractivity contribution is -0.121. The molecule has 1 aliphatic carbocycles. The van der Waals surface area contributed by atoms with E-state index in [9.17, 15) is 4.79 Å². The van der Waals surface area contributed by atoms with Crippen molar-refractivity contribution < 1.29 is 4.79 Å². The van der Waals surface area contributed by atoms with Crippen LogP contribution in [0.1, 0.15) is 16.0 Å². The molecule has 0 amide bonds. The fourth-order valence-electron chi connectivity index (χ4n) is 2.55. The molecule has 0 fully saturated rings. The van der Waals surface area contributed by atoms with E-state index in [-0.39, 0.29) is 5.92 Å². The monoisotopic (exact) mass is 320 g/mol. The predicted molar refractivity (Wildman–Crippen MR) is 78.1 cm³/mol. The SMILES string of the molecule is O=C(Cc1cc(Br)cs1)C1Cc2ccccc2C1. The number of halogens is 1. The van der Waals surface area contributed by atoms with Crippen molar-refractivity contribution >= 4 is 33.0 Å². The van der Waals surface area contributed by atoms with Gasteiger partial charge in [-0.2, -0.15) is 0 Å². The number of hydrogen-bond acceptors (Lipinski definition) is 2. The van der Waals surface area contributed by atoms with E-state index in [1.165, 1.54) is 11.1 Å². The second-order valence-electron chi connectivity index (χ2n) is 4.75. The van der Waals surface area contributed by atoms with Crippen molar-refractivity contribution in [1.29, 1.82) is 0 Å². The van der Waals surface area contributed by atoms with Gasteiger partial charge in [0.15, 0.2) is 0 Å². The molecule has 0 aliphatic heterocycles. The van der Waals surface area contributed by atoms with Crippen LogP contribution in [-0.4, -0.2) is 5.78 Å². The Balaban J connectivity index is 1.69. The first-order chi connectivity index (χ1) is 8.72. The van der Waals surface area contributed by atoms with Gasteiger partial charge >= 0.3 is 0 Å². The maximum absolute atomic E-state index is 12.3. The number of hydrogen-bond donors (Lipinski definition) is 0. The average molecular weight is 321 g/mol. The van der Waals surface area contributed by atoms with E-state index in [0.29, 0.717) is 12.2 Å². The lowest BCUT2D eigenvalue weighted by Crippen LogP contribution is -2.16. The van der Waals surface area contributed by atoms with Crippen molar-refractivity contribution in [2.24, 2.45) is 5.92 Å². The molecule has 1 heterocycles. The zero-order valence-electron chi connectivity index (χ0n) is 9.86. The van der Waals surface area contributed by atoms with Gasteiger partial charge in [-0.15, -0.1) is 11.3 Å². The molecule has 0 radical (unpaired) electrons. The maximum Gasteiger partial charge on any atom is 0.141 e. The highest BCUT2D eigenvalue weighted by atomic mass is 79.9. The van der Waals surface area contributed by atoms with Gasteiger partial charge in [0.25, 0.3) is 0 Å². The number of thiophene rings is 1. The van der Waals surface area contributed by atoms with Gasteiger partial charge < -0.3 is 0 Å². The minimum atomic E-state index is 0.184. The molecular weight excluding hydrogens is 308 g/mol. The van der Waals surface area contributed by atoms with Crippen LogP contribution in [0.15, 0.2) is 40.2 Å². The zero-order valence-corrected chi connectivity index (χ0v) is 12.3. The molecule has 1 aromatic carbocycles. The van der Waals surface area contributed by atoms with Gasteiger partial charge in [0, 0.05) is 27.1 Å². The fraction of sp³-hybridized carbons (Fsp3) is 0.267. The third-order valence-corrected chi connectivity index (χ3v) is 5.17. The van der Waals surface area contributed by atoms with E-state index >= 15 is 0 Å². The number of carbonyl (C=O) groups excluding carboxylic acids is 1. The molecule has 3 rings (SSSR count). The van der Waals surface area contributed by atoms with Gasteiger partial charge in [0.05, 0.1) is 0 Å². The van der Waals surface area contributed by atoms with Crippen LogP contribution in [0.2, 0.25) is 0 Å². The van der Waals surface area contributed by atoms with Crippen molar-refractivity contribution in [1.82, 2.24) is 0 Å². The van der Waals surface area contributed by atoms with Crippen molar-refractivity contribution in [3.63, 3.8) is 0 Å². The quantitative estimate of drug-likeness (QED) is 0.834. The van der Waals surface area contributed by atoms with E-state index in [0.717, 1.165) is 22.2 Å². The Kier molecular flexibility index (Phi) is 3.35. The Morgan fingerprint density at radius 3 is 2.50 bits per heavy atom. The summed E-state index contributed by atoms with van der Waals surface area (Å²) in [7, 11) is 0. The van der Waals surface area contributed by atoms with Crippen LogP contribution in [0.3, 0.4) is 0 Å². The molecule has 0 saturated heterocycles. The molecule has 0 saturated carbocycles. The highest BCUT2D eigenvalue weighted by molar-refractivity contribution is 9.10. The molecule has 0 bridgehead atoms. The molecule has 2 aromatic rings. The Hall–Kier alpha value is -0.930. The van der Waals surface area contributed by atoms with Crippen molar-refractivity contribution in [2.75, 3.05) is 0 Å². The Labute approximate surface area is 119 Å². The highest BCUT2D eigenvalue weighted by Gasteiger charge is 2.26. The largest absolute Gasteiger partial charge is 0.299 e. The lowest BCUT2D eigenvalue weighted by atomic mass is 9.98. The van der Waals surface area contributed by atoms with Gasteiger partial charge in [-0.25, -0.2) is 0 Å². The van der Waals surface area contributed by atoms with Crippen LogP contribution in [0.5, 0.6) is 0 Å². The van der Waals surface area contributed by atoms with Crippen LogP contribution < -0.4 is 0 Å². The predicted octanol–water partition coefficient (Wildman–Crippen LogP) is 4.04. The average Bonchev–Trinajstić information content (AvgIpc) is 2.95. The minimum Gasteiger partial charge on any atom is -0.299 e. The molecule has 0 N–H and O–H groups in total. The summed E-state index contributed by atoms with van der Waals surface area (Å²) < 4.78 is 1.07. The second-order valence-corrected chi connectivity index (χ2v) is 6.66. The molecule has 18 heavy (non-hydrogen) atoms. The molecule has 92 valence electrons. The summed E-state index contributed by atoms with van der Waals surface area (Å²) in [6.07, 6.45) is 2.41. The van der Waals surface area contributed by atoms with Crippen molar-refractivity contribution in [3.8, 4) is 0 Å². The zero-order chi connectivity index (χ0) is 12.5. The third-order valence-electron chi connectivity index (χ3n) is 3.48. The summed E-state index contributed by atoms with van der Waals surface area (Å²) in [5, 5.41) is 2.03. The highest BCUT2D eigenvalue weighted by Crippen LogP contribution is 2.29. The summed E-state index contributed by atoms with van der Waals surface area (Å²) in [6, 6.07) is 10.4. The number of rotatable bonds is 3. The van der Waals surface area contributed by atoms with Crippen LogP contribution in [-0.2, 0) is 24.1 Å². The lowest BCUT2D eigenvalue weighted by Gasteiger charge is -2.06. The summed E-state index contributed by atoms with van der Waals surface area (Å²) in [6.45, 7) is 0. The number of Topliss-reactive ketones (excluding diaryl/α,β-unsaturated/α-hetero) is 1. The summed E-state index contributed by atoms with van der Waals surface area (Å²) in [4.78, 5) is 13.4. The molecule has 0 unspecified atom stereocenters. The van der Waals surface area contributed by atoms with E-state index in [1.807, 2.05) is 11.4 Å². The van der Waals surface area contributed by atoms with Crippen LogP contribution >= 0.6 is 27.3 Å². The number of ketones is 1. The van der Waals surface area contributed by atoms with E-state index in [2.05, 4.69) is 40.2 Å². The van der Waals surface area contributed by atoms with Crippen LogP contribution in [0, 0.1) is 5.92 Å². The summed E-state index contributed by atoms with van der Waals surface area (Å²) >= 11 is 5.08. The summed E-state index contributed by atoms with van der Waals surface area (Å²) in [5.74, 6) is 0.559. The van der Waals surface area contributed by atoms with E-state index in [4.69, 9.17) is 0 Å². The molecule has 0 spiro atoms. The number of benzene rings is 1. The van der Waals surface area contributed by atoms with Crippen molar-refractivity contribution in [2.45, 2.75) is 19.3 Å². The normalized spacial score (nSPS) is 14.7. The Morgan fingerprint density at radius 2 is 1.94 bits per heavy atom. The maximum atomic E-state index is 12.3. The van der Waals surface area contributed by atoms with Gasteiger partial charge in [-0.3, -0.25) is 4.79 Å². The van der Waals surface area contributed by atoms with Crippen molar-refractivity contribution in [3.05, 3.63) is 56.2 Å². The molecule has 0 atom stereocenters. The van der Waals surface area contributed by atoms with Gasteiger partial charge in [0.1, 0.15) is 5.78 Å². The topological polar surface area (TPSA) is 17.1 Å². The Bertz CT molecular complexity index is 563. The smallest absolute Gasteiger partial charge is 0.141 e. The fourth-order valence-corrected chi connectivity index (χ4v) is 4.01. The van der Waals surface area contributed by atoms with E-state index < -0.39 is 0 Å². The van der Waals surface area contributed by atoms with Gasteiger partial charge in [-0.05, 0) is 46.0 Å². The van der Waals surface area contributed by atoms with Gasteiger partial charge in [0.2, 0.25) is 0 Å². The van der Waals surface area contributed by atoms with Gasteiger partial charge in [-0.1, -0.05) is 24.3 Å². The first kappa shape index (κ1) is 12.1. The summed E-state index contributed by atoms with van der Waals surface area (Å²) in [5.41, 5.74) is 2.70. The molecule has 1 aromatic heterocycles. The van der Waals surface area contributed by atoms with E-state index in [1.54, 1.807) is 11.3 Å². The third kappa shape index (κ3) is 2.43. The number of carbonyl (C=O) groups is 1. The standard InChI is InChI=1S/C15H13BrOS/c16-13-7-14(18-9-13)8-15(17)12-5-10-3-1-2-4-11(10)6-12/h1-4,7,9,12H,5-6,8H2. The first-order valence-electron chi connectivity index (χ1n) is 6.05. The molecule has 1 aliphatic rings. The molecular formula is C15H13BrOS. The van der Waals surface area contributed by atoms with Crippen LogP contribution in [0.25, 0.3) is 0 Å². The minimum absolute atomic E-state index is 0.184.